The molecule has 0 radical (unpaired) electrons. The minimum Gasteiger partial charge on any atom is -0.481 e. The number of alkyl carbamates (subject to hydrolysis) is 1. The molecule has 2 aromatic carbocycles. The molecule has 2 aromatic rings. The number of carbonyl (C=O) groups is 3. The third-order valence-electron chi connectivity index (χ3n) is 6.35. The molecule has 3 N–H and O–H groups in total. The van der Waals surface area contributed by atoms with Crippen LogP contribution in [0, 0.1) is 5.41 Å². The summed E-state index contributed by atoms with van der Waals surface area (Å²) in [6.07, 6.45) is 0.635. The van der Waals surface area contributed by atoms with Gasteiger partial charge >= 0.3 is 12.1 Å². The van der Waals surface area contributed by atoms with Crippen LogP contribution in [0.15, 0.2) is 48.5 Å². The largest absolute Gasteiger partial charge is 0.481 e. The quantitative estimate of drug-likeness (QED) is 0.586. The first-order chi connectivity index (χ1) is 15.2. The van der Waals surface area contributed by atoms with Crippen molar-refractivity contribution in [2.24, 2.45) is 5.41 Å². The molecule has 0 bridgehead atoms. The van der Waals surface area contributed by atoms with Crippen LogP contribution in [-0.2, 0) is 14.3 Å². The van der Waals surface area contributed by atoms with E-state index in [0.29, 0.717) is 12.8 Å². The summed E-state index contributed by atoms with van der Waals surface area (Å²) in [6.45, 7) is 3.71. The van der Waals surface area contributed by atoms with E-state index in [4.69, 9.17) is 9.84 Å². The van der Waals surface area contributed by atoms with Crippen LogP contribution in [0.4, 0.5) is 4.79 Å². The van der Waals surface area contributed by atoms with Crippen LogP contribution < -0.4 is 10.6 Å². The second-order valence-corrected chi connectivity index (χ2v) is 9.37. The van der Waals surface area contributed by atoms with Crippen molar-refractivity contribution in [3.8, 4) is 11.1 Å². The number of aliphatic carboxylic acids is 1. The van der Waals surface area contributed by atoms with Crippen LogP contribution >= 0.6 is 0 Å². The number of nitrogens with one attached hydrogen (secondary N) is 2. The number of ether oxygens (including phenoxy) is 1. The molecule has 7 nitrogen and oxygen atoms in total. The van der Waals surface area contributed by atoms with Gasteiger partial charge in [-0.1, -0.05) is 48.5 Å². The zero-order valence-corrected chi connectivity index (χ0v) is 18.3. The van der Waals surface area contributed by atoms with Crippen molar-refractivity contribution in [2.75, 3.05) is 13.2 Å². The van der Waals surface area contributed by atoms with Crippen LogP contribution in [0.1, 0.15) is 50.2 Å². The second-order valence-electron chi connectivity index (χ2n) is 9.37. The fourth-order valence-corrected chi connectivity index (χ4v) is 4.22. The summed E-state index contributed by atoms with van der Waals surface area (Å²) in [5.41, 5.74) is 3.03. The summed E-state index contributed by atoms with van der Waals surface area (Å²) in [7, 11) is 0. The van der Waals surface area contributed by atoms with E-state index in [2.05, 4.69) is 34.9 Å². The van der Waals surface area contributed by atoms with E-state index in [1.807, 2.05) is 24.3 Å². The van der Waals surface area contributed by atoms with E-state index >= 15 is 0 Å². The summed E-state index contributed by atoms with van der Waals surface area (Å²) in [5, 5.41) is 14.6. The Balaban J connectivity index is 1.32. The molecule has 0 saturated heterocycles. The number of carboxylic acids is 1. The number of carboxylic acid groups (broad SMARTS) is 1. The lowest BCUT2D eigenvalue weighted by atomic mass is 9.91. The highest BCUT2D eigenvalue weighted by molar-refractivity contribution is 5.85. The Morgan fingerprint density at radius 3 is 2.12 bits per heavy atom. The monoisotopic (exact) mass is 436 g/mol. The molecule has 2 aliphatic rings. The third-order valence-corrected chi connectivity index (χ3v) is 6.35. The molecule has 0 atom stereocenters. The Labute approximate surface area is 187 Å². The van der Waals surface area contributed by atoms with E-state index in [-0.39, 0.29) is 31.4 Å². The topological polar surface area (TPSA) is 105 Å². The zero-order valence-electron chi connectivity index (χ0n) is 18.3. The molecule has 1 saturated carbocycles. The number of benzene rings is 2. The van der Waals surface area contributed by atoms with Gasteiger partial charge in [0, 0.05) is 12.5 Å². The summed E-state index contributed by atoms with van der Waals surface area (Å²) in [5.74, 6) is -1.25. The minimum atomic E-state index is -0.933. The molecule has 0 unspecified atom stereocenters. The van der Waals surface area contributed by atoms with Gasteiger partial charge < -0.3 is 20.5 Å². The summed E-state index contributed by atoms with van der Waals surface area (Å²) in [6, 6.07) is 16.2. The molecule has 1 fully saturated rings. The van der Waals surface area contributed by atoms with Gasteiger partial charge in [0.1, 0.15) is 6.61 Å². The van der Waals surface area contributed by atoms with Crippen molar-refractivity contribution in [3.05, 3.63) is 59.7 Å². The van der Waals surface area contributed by atoms with Crippen LogP contribution in [0.2, 0.25) is 0 Å². The lowest BCUT2D eigenvalue weighted by molar-refractivity contribution is -0.138. The van der Waals surface area contributed by atoms with Crippen LogP contribution in [0.3, 0.4) is 0 Å². The first-order valence-corrected chi connectivity index (χ1v) is 10.8. The predicted octanol–water partition coefficient (Wildman–Crippen LogP) is 3.67. The molecular formula is C25H28N2O5. The number of amides is 2. The average Bonchev–Trinajstić information content (AvgIpc) is 3.42. The molecule has 4 rings (SSSR count). The second kappa shape index (κ2) is 8.30. The fourth-order valence-electron chi connectivity index (χ4n) is 4.22. The number of hydrogen-bond acceptors (Lipinski definition) is 4. The summed E-state index contributed by atoms with van der Waals surface area (Å²) in [4.78, 5) is 36.1. The smallest absolute Gasteiger partial charge is 0.407 e. The minimum absolute atomic E-state index is 0.0322. The highest BCUT2D eigenvalue weighted by atomic mass is 16.5. The van der Waals surface area contributed by atoms with Crippen molar-refractivity contribution >= 4 is 18.0 Å². The molecule has 7 heteroatoms. The Morgan fingerprint density at radius 2 is 1.59 bits per heavy atom. The van der Waals surface area contributed by atoms with Crippen LogP contribution in [0.25, 0.3) is 11.1 Å². The van der Waals surface area contributed by atoms with Gasteiger partial charge in [-0.05, 0) is 48.9 Å². The Kier molecular flexibility index (Phi) is 5.67. The van der Waals surface area contributed by atoms with Crippen molar-refractivity contribution in [3.63, 3.8) is 0 Å². The first-order valence-electron chi connectivity index (χ1n) is 10.8. The molecule has 32 heavy (non-hydrogen) atoms. The van der Waals surface area contributed by atoms with Gasteiger partial charge in [0.25, 0.3) is 0 Å². The molecule has 0 aromatic heterocycles. The Hall–Kier alpha value is -3.35. The maximum atomic E-state index is 12.7. The molecule has 168 valence electrons. The van der Waals surface area contributed by atoms with Gasteiger partial charge in [-0.2, -0.15) is 0 Å². The standard InChI is InChI=1S/C25H28N2O5/c1-24(2,22(30)27-25(11-12-25)13-21(28)29)15-26-23(31)32-14-20-18-9-5-3-7-16(18)17-8-4-6-10-19(17)20/h3-10,20H,11-15H2,1-2H3,(H,26,31)(H,27,30)(H,28,29). The van der Waals surface area contributed by atoms with Gasteiger partial charge in [0.2, 0.25) is 5.91 Å². The van der Waals surface area contributed by atoms with E-state index in [9.17, 15) is 14.4 Å². The van der Waals surface area contributed by atoms with Crippen LogP contribution in [0.5, 0.6) is 0 Å². The van der Waals surface area contributed by atoms with Crippen molar-refractivity contribution in [2.45, 2.75) is 44.6 Å². The molecule has 2 amide bonds. The maximum absolute atomic E-state index is 12.7. The van der Waals surface area contributed by atoms with E-state index < -0.39 is 23.0 Å². The number of hydrogen-bond donors (Lipinski definition) is 3. The number of carbonyl (C=O) groups excluding carboxylic acids is 2. The Bertz CT molecular complexity index is 1010. The van der Waals surface area contributed by atoms with Gasteiger partial charge in [0.15, 0.2) is 0 Å². The zero-order chi connectivity index (χ0) is 22.9. The van der Waals surface area contributed by atoms with E-state index in [1.54, 1.807) is 13.8 Å². The number of rotatable bonds is 8. The van der Waals surface area contributed by atoms with Crippen molar-refractivity contribution < 1.29 is 24.2 Å². The molecule has 0 spiro atoms. The van der Waals surface area contributed by atoms with Crippen molar-refractivity contribution in [1.82, 2.24) is 10.6 Å². The first kappa shape index (κ1) is 21.9. The Morgan fingerprint density at radius 1 is 1.03 bits per heavy atom. The maximum Gasteiger partial charge on any atom is 0.407 e. The average molecular weight is 437 g/mol. The molecule has 0 heterocycles. The van der Waals surface area contributed by atoms with Gasteiger partial charge in [0.05, 0.1) is 17.4 Å². The van der Waals surface area contributed by atoms with Gasteiger partial charge in [-0.25, -0.2) is 4.79 Å². The van der Waals surface area contributed by atoms with Crippen molar-refractivity contribution in [1.29, 1.82) is 0 Å². The lowest BCUT2D eigenvalue weighted by Gasteiger charge is -2.27. The predicted molar refractivity (Wildman–Crippen MR) is 119 cm³/mol. The molecule has 2 aliphatic carbocycles. The molecule has 0 aliphatic heterocycles. The lowest BCUT2D eigenvalue weighted by Crippen LogP contribution is -2.49. The molecular weight excluding hydrogens is 408 g/mol. The van der Waals surface area contributed by atoms with Gasteiger partial charge in [-0.3, -0.25) is 9.59 Å². The fraction of sp³-hybridized carbons (Fsp3) is 0.400. The summed E-state index contributed by atoms with van der Waals surface area (Å²) >= 11 is 0. The van der Waals surface area contributed by atoms with Crippen LogP contribution in [-0.4, -0.2) is 41.8 Å². The van der Waals surface area contributed by atoms with E-state index in [0.717, 1.165) is 22.3 Å². The SMILES string of the molecule is CC(C)(CNC(=O)OCC1c2ccccc2-c2ccccc21)C(=O)NC1(CC(=O)O)CC1. The van der Waals surface area contributed by atoms with E-state index in [1.165, 1.54) is 0 Å². The highest BCUT2D eigenvalue weighted by Crippen LogP contribution is 2.44. The number of fused-ring (bicyclic) bond motifs is 3. The third kappa shape index (κ3) is 4.47. The normalized spacial score (nSPS) is 15.9. The highest BCUT2D eigenvalue weighted by Gasteiger charge is 2.47. The van der Waals surface area contributed by atoms with Gasteiger partial charge in [-0.15, -0.1) is 0 Å². The summed E-state index contributed by atoms with van der Waals surface area (Å²) < 4.78 is 5.52.